The summed E-state index contributed by atoms with van der Waals surface area (Å²) < 4.78 is 11.2. The lowest BCUT2D eigenvalue weighted by Gasteiger charge is -2.26. The van der Waals surface area contributed by atoms with Gasteiger partial charge in [0.25, 0.3) is 5.89 Å². The summed E-state index contributed by atoms with van der Waals surface area (Å²) in [5, 5.41) is 10.7. The van der Waals surface area contributed by atoms with E-state index >= 15 is 0 Å². The van der Waals surface area contributed by atoms with Gasteiger partial charge in [0, 0.05) is 5.38 Å². The zero-order valence-electron chi connectivity index (χ0n) is 13.9. The van der Waals surface area contributed by atoms with Crippen LogP contribution in [0.2, 0.25) is 0 Å². The van der Waals surface area contributed by atoms with Crippen molar-refractivity contribution in [3.05, 3.63) is 22.7 Å². The highest BCUT2D eigenvalue weighted by atomic mass is 32.1. The van der Waals surface area contributed by atoms with Crippen LogP contribution < -0.4 is 5.32 Å². The predicted octanol–water partition coefficient (Wildman–Crippen LogP) is 3.54. The van der Waals surface area contributed by atoms with E-state index in [1.807, 2.05) is 23.8 Å². The molecule has 1 aliphatic rings. The Kier molecular flexibility index (Phi) is 5.98. The Morgan fingerprint density at radius 3 is 3.00 bits per heavy atom. The molecule has 0 saturated heterocycles. The third kappa shape index (κ3) is 4.42. The molecule has 1 unspecified atom stereocenters. The van der Waals surface area contributed by atoms with Gasteiger partial charge >= 0.3 is 0 Å². The van der Waals surface area contributed by atoms with Gasteiger partial charge in [-0.3, -0.25) is 4.79 Å². The van der Waals surface area contributed by atoms with E-state index in [4.69, 9.17) is 9.26 Å². The second-order valence-electron chi connectivity index (χ2n) is 6.04. The minimum absolute atomic E-state index is 0.107. The SMILES string of the molecule is CCC(OC1CCCCC1)C(=O)NCc1noc(-c2ccsc2)n1. The topological polar surface area (TPSA) is 77.2 Å². The smallest absolute Gasteiger partial charge is 0.258 e. The number of hydrogen-bond donors (Lipinski definition) is 1. The maximum absolute atomic E-state index is 12.3. The van der Waals surface area contributed by atoms with Crippen LogP contribution >= 0.6 is 11.3 Å². The van der Waals surface area contributed by atoms with Crippen LogP contribution in [0.25, 0.3) is 11.5 Å². The first-order valence-corrected chi connectivity index (χ1v) is 9.49. The molecule has 0 aromatic carbocycles. The fourth-order valence-electron chi connectivity index (χ4n) is 2.89. The molecule has 0 spiro atoms. The second kappa shape index (κ2) is 8.39. The van der Waals surface area contributed by atoms with Gasteiger partial charge in [0.05, 0.1) is 18.2 Å². The van der Waals surface area contributed by atoms with Crippen molar-refractivity contribution in [2.75, 3.05) is 0 Å². The molecule has 2 aromatic heterocycles. The quantitative estimate of drug-likeness (QED) is 0.827. The lowest BCUT2D eigenvalue weighted by atomic mass is 9.97. The number of aromatic nitrogens is 2. The highest BCUT2D eigenvalue weighted by Gasteiger charge is 2.23. The second-order valence-corrected chi connectivity index (χ2v) is 6.82. The minimum Gasteiger partial charge on any atom is -0.365 e. The molecule has 2 aromatic rings. The molecule has 24 heavy (non-hydrogen) atoms. The van der Waals surface area contributed by atoms with Crippen molar-refractivity contribution >= 4 is 17.2 Å². The number of hydrogen-bond acceptors (Lipinski definition) is 6. The molecule has 6 nitrogen and oxygen atoms in total. The molecule has 130 valence electrons. The van der Waals surface area contributed by atoms with Gasteiger partial charge < -0.3 is 14.6 Å². The van der Waals surface area contributed by atoms with Crippen LogP contribution in [0.1, 0.15) is 51.3 Å². The summed E-state index contributed by atoms with van der Waals surface area (Å²) in [5.74, 6) is 0.841. The van der Waals surface area contributed by atoms with Crippen molar-refractivity contribution in [1.82, 2.24) is 15.5 Å². The van der Waals surface area contributed by atoms with Crippen LogP contribution in [0.4, 0.5) is 0 Å². The van der Waals surface area contributed by atoms with Gasteiger partial charge in [-0.25, -0.2) is 0 Å². The molecular formula is C17H23N3O3S. The van der Waals surface area contributed by atoms with Crippen LogP contribution in [0.15, 0.2) is 21.3 Å². The molecule has 0 aliphatic heterocycles. The lowest BCUT2D eigenvalue weighted by molar-refractivity contribution is -0.138. The molecule has 7 heteroatoms. The summed E-state index contributed by atoms with van der Waals surface area (Å²) in [6.45, 7) is 2.22. The van der Waals surface area contributed by atoms with E-state index in [1.54, 1.807) is 11.3 Å². The number of carbonyl (C=O) groups is 1. The fraction of sp³-hybridized carbons (Fsp3) is 0.588. The third-order valence-electron chi connectivity index (χ3n) is 4.23. The van der Waals surface area contributed by atoms with Gasteiger partial charge in [-0.2, -0.15) is 16.3 Å². The van der Waals surface area contributed by atoms with Crippen molar-refractivity contribution in [3.8, 4) is 11.5 Å². The van der Waals surface area contributed by atoms with Gasteiger partial charge in [0.1, 0.15) is 6.10 Å². The van der Waals surface area contributed by atoms with Crippen molar-refractivity contribution in [2.45, 2.75) is 64.2 Å². The molecule has 1 fully saturated rings. The Bertz CT molecular complexity index is 635. The Balaban J connectivity index is 1.50. The van der Waals surface area contributed by atoms with Crippen LogP contribution in [-0.2, 0) is 16.1 Å². The van der Waals surface area contributed by atoms with Gasteiger partial charge in [0.15, 0.2) is 5.82 Å². The molecule has 1 atom stereocenters. The number of thiophene rings is 1. The summed E-state index contributed by atoms with van der Waals surface area (Å²) in [5.41, 5.74) is 0.900. The van der Waals surface area contributed by atoms with Gasteiger partial charge in [-0.05, 0) is 30.7 Å². The Hall–Kier alpha value is -1.73. The lowest BCUT2D eigenvalue weighted by Crippen LogP contribution is -2.38. The Labute approximate surface area is 145 Å². The molecule has 2 heterocycles. The predicted molar refractivity (Wildman–Crippen MR) is 91.5 cm³/mol. The largest absolute Gasteiger partial charge is 0.365 e. The van der Waals surface area contributed by atoms with Gasteiger partial charge in [0.2, 0.25) is 5.91 Å². The monoisotopic (exact) mass is 349 g/mol. The first-order valence-electron chi connectivity index (χ1n) is 8.54. The van der Waals surface area contributed by atoms with Crippen molar-refractivity contribution in [3.63, 3.8) is 0 Å². The van der Waals surface area contributed by atoms with Crippen LogP contribution in [0.3, 0.4) is 0 Å². The van der Waals surface area contributed by atoms with Crippen molar-refractivity contribution in [2.24, 2.45) is 0 Å². The van der Waals surface area contributed by atoms with Crippen LogP contribution in [0, 0.1) is 0 Å². The molecule has 1 amide bonds. The Morgan fingerprint density at radius 1 is 1.46 bits per heavy atom. The average Bonchev–Trinajstić information content (AvgIpc) is 3.29. The number of nitrogens with zero attached hydrogens (tertiary/aromatic N) is 2. The number of nitrogens with one attached hydrogen (secondary N) is 1. The average molecular weight is 349 g/mol. The molecule has 1 aliphatic carbocycles. The maximum atomic E-state index is 12.3. The van der Waals surface area contributed by atoms with Crippen molar-refractivity contribution in [1.29, 1.82) is 0 Å². The first-order chi connectivity index (χ1) is 11.8. The summed E-state index contributed by atoms with van der Waals surface area (Å²) >= 11 is 1.57. The summed E-state index contributed by atoms with van der Waals surface area (Å²) in [4.78, 5) is 16.6. The van der Waals surface area contributed by atoms with E-state index in [0.717, 1.165) is 18.4 Å². The summed E-state index contributed by atoms with van der Waals surface area (Å²) in [7, 11) is 0. The molecule has 3 rings (SSSR count). The zero-order valence-corrected chi connectivity index (χ0v) is 14.7. The minimum atomic E-state index is -0.406. The number of carbonyl (C=O) groups excluding carboxylic acids is 1. The third-order valence-corrected chi connectivity index (χ3v) is 4.91. The zero-order chi connectivity index (χ0) is 16.8. The number of ether oxygens (including phenoxy) is 1. The van der Waals surface area contributed by atoms with Crippen LogP contribution in [0.5, 0.6) is 0 Å². The standard InChI is InChI=1S/C17H23N3O3S/c1-2-14(22-13-6-4-3-5-7-13)16(21)18-10-15-19-17(23-20-15)12-8-9-24-11-12/h8-9,11,13-14H,2-7,10H2,1H3,(H,18,21). The summed E-state index contributed by atoms with van der Waals surface area (Å²) in [6.07, 6.45) is 6.23. The molecule has 0 radical (unpaired) electrons. The normalized spacial score (nSPS) is 16.9. The first kappa shape index (κ1) is 17.1. The van der Waals surface area contributed by atoms with E-state index in [9.17, 15) is 4.79 Å². The molecule has 1 N–H and O–H groups in total. The molecule has 0 bridgehead atoms. The van der Waals surface area contributed by atoms with E-state index in [2.05, 4.69) is 15.5 Å². The maximum Gasteiger partial charge on any atom is 0.258 e. The summed E-state index contributed by atoms with van der Waals surface area (Å²) in [6, 6.07) is 1.92. The van der Waals surface area contributed by atoms with E-state index in [0.29, 0.717) is 18.1 Å². The van der Waals surface area contributed by atoms with E-state index in [-0.39, 0.29) is 18.6 Å². The number of amides is 1. The number of rotatable bonds is 7. The highest BCUT2D eigenvalue weighted by molar-refractivity contribution is 7.08. The molecular weight excluding hydrogens is 326 g/mol. The highest BCUT2D eigenvalue weighted by Crippen LogP contribution is 2.22. The van der Waals surface area contributed by atoms with Crippen LogP contribution in [-0.4, -0.2) is 28.3 Å². The Morgan fingerprint density at radius 2 is 2.29 bits per heavy atom. The van der Waals surface area contributed by atoms with Gasteiger partial charge in [-0.15, -0.1) is 0 Å². The van der Waals surface area contributed by atoms with E-state index in [1.165, 1.54) is 19.3 Å². The van der Waals surface area contributed by atoms with E-state index < -0.39 is 6.10 Å². The molecule has 1 saturated carbocycles. The fourth-order valence-corrected chi connectivity index (χ4v) is 3.52. The van der Waals surface area contributed by atoms with Crippen molar-refractivity contribution < 1.29 is 14.1 Å². The van der Waals surface area contributed by atoms with Gasteiger partial charge in [-0.1, -0.05) is 31.3 Å².